The smallest absolute Gasteiger partial charge is 0.407 e. The third-order valence-electron chi connectivity index (χ3n) is 1.95. The molecule has 0 atom stereocenters. The van der Waals surface area contributed by atoms with E-state index in [2.05, 4.69) is 26.6 Å². The van der Waals surface area contributed by atoms with Crippen molar-refractivity contribution in [3.63, 3.8) is 0 Å². The fourth-order valence-corrected chi connectivity index (χ4v) is 1.68. The molecule has 0 saturated heterocycles. The van der Waals surface area contributed by atoms with E-state index in [-0.39, 0.29) is 0 Å². The number of benzene rings is 1. The highest BCUT2D eigenvalue weighted by atomic mass is 79.9. The van der Waals surface area contributed by atoms with Gasteiger partial charge in [0.15, 0.2) is 0 Å². The van der Waals surface area contributed by atoms with Crippen molar-refractivity contribution in [2.24, 2.45) is 0 Å². The van der Waals surface area contributed by atoms with Gasteiger partial charge in [-0.2, -0.15) is 0 Å². The number of nitrogens with one attached hydrogen (secondary N) is 2. The van der Waals surface area contributed by atoms with Gasteiger partial charge in [0.05, 0.1) is 0 Å². The quantitative estimate of drug-likeness (QED) is 0.838. The molecule has 100 valence electrons. The Hall–Kier alpha value is -1.23. The van der Waals surface area contributed by atoms with Crippen LogP contribution >= 0.6 is 15.9 Å². The van der Waals surface area contributed by atoms with Crippen molar-refractivity contribution < 1.29 is 9.53 Å². The van der Waals surface area contributed by atoms with Crippen LogP contribution in [0.15, 0.2) is 28.7 Å². The number of rotatable bonds is 4. The molecule has 1 aromatic carbocycles. The first kappa shape index (κ1) is 14.8. The second-order valence-electron chi connectivity index (χ2n) is 4.87. The predicted octanol–water partition coefficient (Wildman–Crippen LogP) is 3.39. The second kappa shape index (κ2) is 6.64. The molecule has 0 bridgehead atoms. The summed E-state index contributed by atoms with van der Waals surface area (Å²) in [4.78, 5) is 11.4. The third kappa shape index (κ3) is 6.49. The van der Waals surface area contributed by atoms with Crippen LogP contribution in [0.1, 0.15) is 20.8 Å². The molecule has 2 N–H and O–H groups in total. The minimum Gasteiger partial charge on any atom is -0.444 e. The summed E-state index contributed by atoms with van der Waals surface area (Å²) in [6, 6.07) is 7.86. The molecular weight excluding hydrogens is 296 g/mol. The van der Waals surface area contributed by atoms with Gasteiger partial charge in [-0.1, -0.05) is 22.0 Å². The van der Waals surface area contributed by atoms with E-state index < -0.39 is 11.7 Å². The number of amides is 1. The average molecular weight is 315 g/mol. The lowest BCUT2D eigenvalue weighted by molar-refractivity contribution is 0.0530. The van der Waals surface area contributed by atoms with Crippen LogP contribution in [0.25, 0.3) is 0 Å². The van der Waals surface area contributed by atoms with Gasteiger partial charge in [0, 0.05) is 23.2 Å². The van der Waals surface area contributed by atoms with Gasteiger partial charge in [0.2, 0.25) is 0 Å². The molecule has 0 aromatic heterocycles. The number of alkyl carbamates (subject to hydrolysis) is 1. The van der Waals surface area contributed by atoms with Gasteiger partial charge in [0.1, 0.15) is 5.60 Å². The lowest BCUT2D eigenvalue weighted by Crippen LogP contribution is -2.34. The molecule has 1 rings (SSSR count). The van der Waals surface area contributed by atoms with Gasteiger partial charge in [-0.05, 0) is 39.0 Å². The SMILES string of the molecule is CC(C)(C)OC(=O)NCCNc1cccc(Br)c1. The molecule has 0 fully saturated rings. The molecule has 0 unspecified atom stereocenters. The van der Waals surface area contributed by atoms with Gasteiger partial charge in [-0.15, -0.1) is 0 Å². The van der Waals surface area contributed by atoms with Crippen LogP contribution in [-0.4, -0.2) is 24.8 Å². The summed E-state index contributed by atoms with van der Waals surface area (Å²) in [7, 11) is 0. The van der Waals surface area contributed by atoms with Crippen molar-refractivity contribution in [1.82, 2.24) is 5.32 Å². The molecule has 0 spiro atoms. The monoisotopic (exact) mass is 314 g/mol. The van der Waals surface area contributed by atoms with Crippen molar-refractivity contribution in [3.8, 4) is 0 Å². The van der Waals surface area contributed by atoms with Crippen molar-refractivity contribution in [3.05, 3.63) is 28.7 Å². The van der Waals surface area contributed by atoms with Gasteiger partial charge >= 0.3 is 6.09 Å². The summed E-state index contributed by atoms with van der Waals surface area (Å²) in [5.74, 6) is 0. The Labute approximate surface area is 116 Å². The number of hydrogen-bond donors (Lipinski definition) is 2. The summed E-state index contributed by atoms with van der Waals surface area (Å²) in [5, 5.41) is 5.89. The zero-order valence-corrected chi connectivity index (χ0v) is 12.5. The molecule has 18 heavy (non-hydrogen) atoms. The van der Waals surface area contributed by atoms with Crippen molar-refractivity contribution in [2.45, 2.75) is 26.4 Å². The van der Waals surface area contributed by atoms with Crippen LogP contribution in [0.2, 0.25) is 0 Å². The molecule has 0 heterocycles. The molecule has 5 heteroatoms. The topological polar surface area (TPSA) is 50.4 Å². The lowest BCUT2D eigenvalue weighted by atomic mass is 10.2. The molecule has 0 aliphatic rings. The summed E-state index contributed by atoms with van der Waals surface area (Å²) in [6.45, 7) is 6.68. The first-order chi connectivity index (χ1) is 8.37. The van der Waals surface area contributed by atoms with Crippen molar-refractivity contribution in [1.29, 1.82) is 0 Å². The molecule has 1 aromatic rings. The predicted molar refractivity (Wildman–Crippen MR) is 76.9 cm³/mol. The first-order valence-corrected chi connectivity index (χ1v) is 6.62. The molecule has 4 nitrogen and oxygen atoms in total. The maximum absolute atomic E-state index is 11.4. The lowest BCUT2D eigenvalue weighted by Gasteiger charge is -2.19. The van der Waals surface area contributed by atoms with E-state index in [1.54, 1.807) is 0 Å². The van der Waals surface area contributed by atoms with Crippen LogP contribution in [0.4, 0.5) is 10.5 Å². The number of hydrogen-bond acceptors (Lipinski definition) is 3. The van der Waals surface area contributed by atoms with E-state index in [1.165, 1.54) is 0 Å². The third-order valence-corrected chi connectivity index (χ3v) is 2.44. The number of anilines is 1. The summed E-state index contributed by atoms with van der Waals surface area (Å²) >= 11 is 3.40. The molecule has 0 aliphatic heterocycles. The van der Waals surface area contributed by atoms with E-state index in [9.17, 15) is 4.79 Å². The Kier molecular flexibility index (Phi) is 5.47. The van der Waals surface area contributed by atoms with Crippen molar-refractivity contribution in [2.75, 3.05) is 18.4 Å². The second-order valence-corrected chi connectivity index (χ2v) is 5.78. The highest BCUT2D eigenvalue weighted by molar-refractivity contribution is 9.10. The summed E-state index contributed by atoms with van der Waals surface area (Å²) < 4.78 is 6.14. The average Bonchev–Trinajstić information content (AvgIpc) is 2.22. The van der Waals surface area contributed by atoms with Gasteiger partial charge < -0.3 is 15.4 Å². The van der Waals surface area contributed by atoms with Gasteiger partial charge in [-0.3, -0.25) is 0 Å². The fraction of sp³-hybridized carbons (Fsp3) is 0.462. The maximum Gasteiger partial charge on any atom is 0.407 e. The molecule has 0 aliphatic carbocycles. The summed E-state index contributed by atoms with van der Waals surface area (Å²) in [6.07, 6.45) is -0.390. The Morgan fingerprint density at radius 1 is 1.33 bits per heavy atom. The van der Waals surface area contributed by atoms with Crippen LogP contribution in [0, 0.1) is 0 Å². The zero-order valence-electron chi connectivity index (χ0n) is 10.9. The number of carbonyl (C=O) groups excluding carboxylic acids is 1. The van der Waals surface area contributed by atoms with Crippen LogP contribution in [-0.2, 0) is 4.74 Å². The summed E-state index contributed by atoms with van der Waals surface area (Å²) in [5.41, 5.74) is 0.553. The molecule has 1 amide bonds. The number of carbonyl (C=O) groups is 1. The number of halogens is 1. The van der Waals surface area contributed by atoms with E-state index in [1.807, 2.05) is 45.0 Å². The largest absolute Gasteiger partial charge is 0.444 e. The maximum atomic E-state index is 11.4. The minimum absolute atomic E-state index is 0.390. The van der Waals surface area contributed by atoms with Gasteiger partial charge in [0.25, 0.3) is 0 Å². The zero-order chi connectivity index (χ0) is 13.6. The standard InChI is InChI=1S/C13H19BrN2O2/c1-13(2,3)18-12(17)16-8-7-15-11-6-4-5-10(14)9-11/h4-6,9,15H,7-8H2,1-3H3,(H,16,17). The first-order valence-electron chi connectivity index (χ1n) is 5.83. The highest BCUT2D eigenvalue weighted by Crippen LogP contribution is 2.15. The Morgan fingerprint density at radius 2 is 2.06 bits per heavy atom. The van der Waals surface area contributed by atoms with E-state index >= 15 is 0 Å². The van der Waals surface area contributed by atoms with E-state index in [0.29, 0.717) is 13.1 Å². The normalized spacial score (nSPS) is 10.9. The number of ether oxygens (including phenoxy) is 1. The minimum atomic E-state index is -0.457. The van der Waals surface area contributed by atoms with Gasteiger partial charge in [-0.25, -0.2) is 4.79 Å². The Morgan fingerprint density at radius 3 is 2.67 bits per heavy atom. The molecule has 0 radical (unpaired) electrons. The highest BCUT2D eigenvalue weighted by Gasteiger charge is 2.15. The Bertz CT molecular complexity index is 402. The van der Waals surface area contributed by atoms with Crippen LogP contribution in [0.5, 0.6) is 0 Å². The van der Waals surface area contributed by atoms with Crippen molar-refractivity contribution >= 4 is 27.7 Å². The van der Waals surface area contributed by atoms with Crippen LogP contribution < -0.4 is 10.6 Å². The fourth-order valence-electron chi connectivity index (χ4n) is 1.28. The molecule has 0 saturated carbocycles. The van der Waals surface area contributed by atoms with Crippen LogP contribution in [0.3, 0.4) is 0 Å². The van der Waals surface area contributed by atoms with E-state index in [4.69, 9.17) is 4.74 Å². The molecular formula is C13H19BrN2O2. The van der Waals surface area contributed by atoms with E-state index in [0.717, 1.165) is 10.2 Å². The Balaban J connectivity index is 2.21.